The number of nitrogens with two attached hydrogens (primary N) is 1. The third-order valence-electron chi connectivity index (χ3n) is 5.03. The summed E-state index contributed by atoms with van der Waals surface area (Å²) in [5.74, 6) is 0.614. The molecule has 0 bridgehead atoms. The summed E-state index contributed by atoms with van der Waals surface area (Å²) in [4.78, 5) is 18.5. The van der Waals surface area contributed by atoms with E-state index in [1.54, 1.807) is 0 Å². The van der Waals surface area contributed by atoms with Crippen LogP contribution in [0.4, 0.5) is 5.82 Å². The fourth-order valence-corrected chi connectivity index (χ4v) is 3.79. The summed E-state index contributed by atoms with van der Waals surface area (Å²) in [5, 5.41) is 5.50. The quantitative estimate of drug-likeness (QED) is 0.751. The van der Waals surface area contributed by atoms with Crippen molar-refractivity contribution < 1.29 is 4.79 Å². The molecule has 1 fully saturated rings. The van der Waals surface area contributed by atoms with Crippen molar-refractivity contribution in [3.05, 3.63) is 58.4 Å². The highest BCUT2D eigenvalue weighted by atomic mass is 35.5. The number of aryl methyl sites for hydroxylation is 1. The number of benzene rings is 1. The van der Waals surface area contributed by atoms with Crippen LogP contribution in [0.5, 0.6) is 0 Å². The number of hydrogen-bond donors (Lipinski definition) is 1. The van der Waals surface area contributed by atoms with Gasteiger partial charge in [0.05, 0.1) is 11.6 Å². The summed E-state index contributed by atoms with van der Waals surface area (Å²) in [7, 11) is 0. The van der Waals surface area contributed by atoms with Crippen LogP contribution < -0.4 is 10.6 Å². The molecule has 6 nitrogen and oxygen atoms in total. The number of nitrogens with zero attached hydrogens (tertiary/aromatic N) is 4. The van der Waals surface area contributed by atoms with Gasteiger partial charge in [-0.3, -0.25) is 4.79 Å². The predicted octanol–water partition coefficient (Wildman–Crippen LogP) is 2.98. The van der Waals surface area contributed by atoms with Crippen LogP contribution in [0.25, 0.3) is 5.65 Å². The number of carbonyl (C=O) groups is 1. The Morgan fingerprint density at radius 3 is 2.81 bits per heavy atom. The van der Waals surface area contributed by atoms with Gasteiger partial charge in [-0.15, -0.1) is 0 Å². The van der Waals surface area contributed by atoms with Crippen molar-refractivity contribution >= 4 is 29.0 Å². The molecule has 4 rings (SSSR count). The van der Waals surface area contributed by atoms with E-state index < -0.39 is 0 Å². The Hall–Kier alpha value is -2.60. The lowest BCUT2D eigenvalue weighted by Crippen LogP contribution is -2.42. The standard InChI is InChI=1S/C20H22ClN5O/c1-13-9-19(25-8-2-3-15(12-25)20(22)27)26-18(23-13)11-17(24-26)10-14-4-6-16(21)7-5-14/h4-7,9,11,15H,2-3,8,10,12H2,1H3,(H2,22,27). The van der Waals surface area contributed by atoms with Crippen LogP contribution >= 0.6 is 11.6 Å². The third-order valence-corrected chi connectivity index (χ3v) is 5.29. The first-order valence-corrected chi connectivity index (χ1v) is 9.52. The van der Waals surface area contributed by atoms with Crippen LogP contribution in [0.3, 0.4) is 0 Å². The topological polar surface area (TPSA) is 76.5 Å². The highest BCUT2D eigenvalue weighted by Crippen LogP contribution is 2.25. The molecule has 3 aromatic rings. The summed E-state index contributed by atoms with van der Waals surface area (Å²) >= 11 is 5.97. The number of rotatable bonds is 4. The molecule has 0 spiro atoms. The van der Waals surface area contributed by atoms with Crippen LogP contribution in [0.1, 0.15) is 29.8 Å². The van der Waals surface area contributed by atoms with E-state index in [0.29, 0.717) is 13.0 Å². The van der Waals surface area contributed by atoms with E-state index in [0.717, 1.165) is 52.8 Å². The molecule has 140 valence electrons. The van der Waals surface area contributed by atoms with Gasteiger partial charge in [-0.25, -0.2) is 4.98 Å². The molecule has 1 amide bonds. The van der Waals surface area contributed by atoms with Gasteiger partial charge in [-0.05, 0) is 37.5 Å². The number of amides is 1. The molecule has 2 N–H and O–H groups in total. The zero-order chi connectivity index (χ0) is 19.0. The number of aromatic nitrogens is 3. The highest BCUT2D eigenvalue weighted by Gasteiger charge is 2.26. The number of fused-ring (bicyclic) bond motifs is 1. The summed E-state index contributed by atoms with van der Waals surface area (Å²) in [6.07, 6.45) is 2.50. The predicted molar refractivity (Wildman–Crippen MR) is 106 cm³/mol. The van der Waals surface area contributed by atoms with Crippen molar-refractivity contribution in [1.29, 1.82) is 0 Å². The Labute approximate surface area is 162 Å². The molecule has 1 saturated heterocycles. The molecule has 2 aromatic heterocycles. The maximum Gasteiger partial charge on any atom is 0.222 e. The summed E-state index contributed by atoms with van der Waals surface area (Å²) in [6.45, 7) is 3.49. The van der Waals surface area contributed by atoms with Crippen molar-refractivity contribution in [2.45, 2.75) is 26.2 Å². The second kappa shape index (κ2) is 7.19. The van der Waals surface area contributed by atoms with Gasteiger partial charge in [0, 0.05) is 42.4 Å². The summed E-state index contributed by atoms with van der Waals surface area (Å²) < 4.78 is 1.88. The minimum absolute atomic E-state index is 0.119. The number of hydrogen-bond acceptors (Lipinski definition) is 4. The molecule has 1 unspecified atom stereocenters. The zero-order valence-electron chi connectivity index (χ0n) is 15.2. The van der Waals surface area contributed by atoms with Gasteiger partial charge < -0.3 is 10.6 Å². The average molecular weight is 384 g/mol. The second-order valence-corrected chi connectivity index (χ2v) is 7.59. The van der Waals surface area contributed by atoms with Crippen LogP contribution in [0.2, 0.25) is 5.02 Å². The smallest absolute Gasteiger partial charge is 0.222 e. The molecule has 1 aliphatic rings. The fourth-order valence-electron chi connectivity index (χ4n) is 3.67. The van der Waals surface area contributed by atoms with Gasteiger partial charge in [-0.2, -0.15) is 9.61 Å². The first-order chi connectivity index (χ1) is 13.0. The maximum absolute atomic E-state index is 11.6. The van der Waals surface area contributed by atoms with Crippen molar-refractivity contribution in [1.82, 2.24) is 14.6 Å². The minimum Gasteiger partial charge on any atom is -0.369 e. The molecular weight excluding hydrogens is 362 g/mol. The van der Waals surface area contributed by atoms with E-state index in [9.17, 15) is 4.79 Å². The van der Waals surface area contributed by atoms with E-state index >= 15 is 0 Å². The Bertz CT molecular complexity index is 982. The van der Waals surface area contributed by atoms with Crippen molar-refractivity contribution in [2.75, 3.05) is 18.0 Å². The minimum atomic E-state index is -0.231. The lowest BCUT2D eigenvalue weighted by Gasteiger charge is -2.33. The third kappa shape index (κ3) is 3.76. The fraction of sp³-hybridized carbons (Fsp3) is 0.350. The molecule has 1 atom stereocenters. The Morgan fingerprint density at radius 2 is 2.07 bits per heavy atom. The van der Waals surface area contributed by atoms with Crippen molar-refractivity contribution in [3.63, 3.8) is 0 Å². The molecule has 3 heterocycles. The Morgan fingerprint density at radius 1 is 1.30 bits per heavy atom. The van der Waals surface area contributed by atoms with E-state index in [1.165, 1.54) is 0 Å². The Kier molecular flexibility index (Phi) is 4.74. The molecule has 0 aliphatic carbocycles. The van der Waals surface area contributed by atoms with Gasteiger partial charge in [-0.1, -0.05) is 23.7 Å². The lowest BCUT2D eigenvalue weighted by atomic mass is 9.97. The number of primary amides is 1. The number of halogens is 1. The number of piperidine rings is 1. The number of carbonyl (C=O) groups excluding carboxylic acids is 1. The molecular formula is C20H22ClN5O. The highest BCUT2D eigenvalue weighted by molar-refractivity contribution is 6.30. The van der Waals surface area contributed by atoms with E-state index in [4.69, 9.17) is 22.4 Å². The summed E-state index contributed by atoms with van der Waals surface area (Å²) in [5.41, 5.74) is 9.37. The Balaban J connectivity index is 1.67. The van der Waals surface area contributed by atoms with Crippen LogP contribution in [-0.2, 0) is 11.2 Å². The maximum atomic E-state index is 11.6. The van der Waals surface area contributed by atoms with Crippen LogP contribution in [-0.4, -0.2) is 33.6 Å². The molecule has 0 saturated carbocycles. The molecule has 0 radical (unpaired) electrons. The summed E-state index contributed by atoms with van der Waals surface area (Å²) in [6, 6.07) is 11.8. The van der Waals surface area contributed by atoms with E-state index in [2.05, 4.69) is 9.88 Å². The van der Waals surface area contributed by atoms with Crippen molar-refractivity contribution in [3.8, 4) is 0 Å². The molecule has 1 aliphatic heterocycles. The SMILES string of the molecule is Cc1cc(N2CCCC(C(N)=O)C2)n2nc(Cc3ccc(Cl)cc3)cc2n1. The monoisotopic (exact) mass is 383 g/mol. The largest absolute Gasteiger partial charge is 0.369 e. The van der Waals surface area contributed by atoms with Gasteiger partial charge in [0.1, 0.15) is 5.82 Å². The number of anilines is 1. The van der Waals surface area contributed by atoms with Crippen molar-refractivity contribution in [2.24, 2.45) is 11.7 Å². The van der Waals surface area contributed by atoms with Crippen LogP contribution in [0.15, 0.2) is 36.4 Å². The first kappa shape index (κ1) is 17.8. The van der Waals surface area contributed by atoms with Gasteiger partial charge in [0.2, 0.25) is 5.91 Å². The van der Waals surface area contributed by atoms with Gasteiger partial charge in [0.25, 0.3) is 0 Å². The van der Waals surface area contributed by atoms with E-state index in [-0.39, 0.29) is 11.8 Å². The lowest BCUT2D eigenvalue weighted by molar-refractivity contribution is -0.122. The average Bonchev–Trinajstić information content (AvgIpc) is 3.05. The molecule has 27 heavy (non-hydrogen) atoms. The van der Waals surface area contributed by atoms with Crippen LogP contribution in [0, 0.1) is 12.8 Å². The van der Waals surface area contributed by atoms with Gasteiger partial charge >= 0.3 is 0 Å². The molecule has 1 aromatic carbocycles. The zero-order valence-corrected chi connectivity index (χ0v) is 16.0. The van der Waals surface area contributed by atoms with Gasteiger partial charge in [0.15, 0.2) is 5.65 Å². The van der Waals surface area contributed by atoms with E-state index in [1.807, 2.05) is 47.8 Å². The molecule has 7 heteroatoms. The first-order valence-electron chi connectivity index (χ1n) is 9.14. The second-order valence-electron chi connectivity index (χ2n) is 7.15. The normalized spacial score (nSPS) is 17.4.